The molecule has 0 radical (unpaired) electrons. The summed E-state index contributed by atoms with van der Waals surface area (Å²) in [5, 5.41) is 14.1. The molecular formula is C20H25N3O4. The Labute approximate surface area is 157 Å². The summed E-state index contributed by atoms with van der Waals surface area (Å²) in [4.78, 5) is 35.9. The molecule has 0 heterocycles. The van der Waals surface area contributed by atoms with Gasteiger partial charge in [0.25, 0.3) is 5.69 Å². The summed E-state index contributed by atoms with van der Waals surface area (Å²) in [7, 11) is 0. The van der Waals surface area contributed by atoms with Gasteiger partial charge in [0.2, 0.25) is 11.8 Å². The molecule has 0 spiro atoms. The number of nitro groups is 1. The van der Waals surface area contributed by atoms with E-state index >= 15 is 0 Å². The van der Waals surface area contributed by atoms with Crippen LogP contribution in [0, 0.1) is 33.3 Å². The zero-order valence-corrected chi connectivity index (χ0v) is 15.2. The minimum absolute atomic E-state index is 0.0323. The Morgan fingerprint density at radius 1 is 1.15 bits per heavy atom. The van der Waals surface area contributed by atoms with E-state index in [4.69, 9.17) is 5.73 Å². The van der Waals surface area contributed by atoms with Crippen molar-refractivity contribution in [2.75, 3.05) is 0 Å². The molecule has 4 aliphatic rings. The molecule has 7 nitrogen and oxygen atoms in total. The summed E-state index contributed by atoms with van der Waals surface area (Å²) < 4.78 is 0. The third kappa shape index (κ3) is 3.31. The first-order valence-electron chi connectivity index (χ1n) is 9.69. The van der Waals surface area contributed by atoms with Crippen LogP contribution >= 0.6 is 0 Å². The summed E-state index contributed by atoms with van der Waals surface area (Å²) in [6.45, 7) is 0. The van der Waals surface area contributed by atoms with E-state index in [1.165, 1.54) is 25.3 Å². The lowest BCUT2D eigenvalue weighted by Gasteiger charge is -2.55. The highest BCUT2D eigenvalue weighted by atomic mass is 16.6. The number of nitro benzene ring substituents is 1. The van der Waals surface area contributed by atoms with E-state index in [9.17, 15) is 19.7 Å². The number of nitrogens with two attached hydrogens (primary N) is 1. The molecular weight excluding hydrogens is 346 g/mol. The molecule has 4 fully saturated rings. The Hall–Kier alpha value is -2.44. The Bertz CT molecular complexity index is 756. The lowest BCUT2D eigenvalue weighted by molar-refractivity contribution is -0.385. The van der Waals surface area contributed by atoms with Gasteiger partial charge in [-0.15, -0.1) is 0 Å². The van der Waals surface area contributed by atoms with Crippen molar-refractivity contribution >= 4 is 17.5 Å². The van der Waals surface area contributed by atoms with E-state index in [2.05, 4.69) is 5.32 Å². The number of hydrogen-bond acceptors (Lipinski definition) is 4. The predicted molar refractivity (Wildman–Crippen MR) is 98.5 cm³/mol. The van der Waals surface area contributed by atoms with Gasteiger partial charge in [0.1, 0.15) is 6.04 Å². The largest absolute Gasteiger partial charge is 0.368 e. The summed E-state index contributed by atoms with van der Waals surface area (Å²) in [6, 6.07) is 5.32. The van der Waals surface area contributed by atoms with Crippen LogP contribution in [0.4, 0.5) is 5.69 Å². The van der Waals surface area contributed by atoms with Crippen molar-refractivity contribution in [3.63, 3.8) is 0 Å². The molecule has 0 aromatic heterocycles. The van der Waals surface area contributed by atoms with Crippen molar-refractivity contribution in [1.82, 2.24) is 5.32 Å². The van der Waals surface area contributed by atoms with Crippen molar-refractivity contribution in [1.29, 1.82) is 0 Å². The maximum atomic E-state index is 13.2. The van der Waals surface area contributed by atoms with E-state index in [-0.39, 0.29) is 23.4 Å². The fraction of sp³-hybridized carbons (Fsp3) is 0.600. The number of para-hydroxylation sites is 1. The summed E-state index contributed by atoms with van der Waals surface area (Å²) in [6.07, 6.45) is 6.38. The second-order valence-electron chi connectivity index (χ2n) is 8.72. The minimum atomic E-state index is -0.938. The number of benzene rings is 1. The highest BCUT2D eigenvalue weighted by Crippen LogP contribution is 2.60. The van der Waals surface area contributed by atoms with Gasteiger partial charge in [-0.1, -0.05) is 18.2 Å². The second-order valence-corrected chi connectivity index (χ2v) is 8.72. The number of primary amides is 1. The van der Waals surface area contributed by atoms with Gasteiger partial charge in [-0.2, -0.15) is 0 Å². The normalized spacial score (nSPS) is 32.1. The van der Waals surface area contributed by atoms with Gasteiger partial charge in [0.05, 0.1) is 4.92 Å². The Morgan fingerprint density at radius 2 is 1.70 bits per heavy atom. The fourth-order valence-corrected chi connectivity index (χ4v) is 6.00. The molecule has 2 amide bonds. The lowest BCUT2D eigenvalue weighted by Crippen LogP contribution is -2.57. The van der Waals surface area contributed by atoms with Gasteiger partial charge < -0.3 is 11.1 Å². The number of carbonyl (C=O) groups excluding carboxylic acids is 2. The molecule has 4 aliphatic carbocycles. The second kappa shape index (κ2) is 6.62. The van der Waals surface area contributed by atoms with Gasteiger partial charge in [-0.3, -0.25) is 19.7 Å². The standard InChI is InChI=1S/C20H25N3O4/c21-18(24)16(8-15-3-1-2-4-17(15)23(26)27)22-19(25)20-9-12-5-13(10-20)7-14(6-12)11-20/h1-4,12-14,16H,5-11H2,(H2,21,24)(H,22,25)/t12?,13?,14?,16-,20?/m1/s1. The molecule has 4 saturated carbocycles. The van der Waals surface area contributed by atoms with Gasteiger partial charge in [0, 0.05) is 23.5 Å². The molecule has 7 heteroatoms. The van der Waals surface area contributed by atoms with E-state index in [0.717, 1.165) is 19.3 Å². The van der Waals surface area contributed by atoms with Crippen LogP contribution in [-0.4, -0.2) is 22.8 Å². The first kappa shape index (κ1) is 17.9. The first-order chi connectivity index (χ1) is 12.9. The van der Waals surface area contributed by atoms with Crippen LogP contribution in [-0.2, 0) is 16.0 Å². The molecule has 1 aromatic rings. The molecule has 0 unspecified atom stereocenters. The number of hydrogen-bond donors (Lipinski definition) is 2. The van der Waals surface area contributed by atoms with Gasteiger partial charge >= 0.3 is 0 Å². The molecule has 27 heavy (non-hydrogen) atoms. The first-order valence-corrected chi connectivity index (χ1v) is 9.69. The quantitative estimate of drug-likeness (QED) is 0.590. The van der Waals surface area contributed by atoms with E-state index in [0.29, 0.717) is 23.3 Å². The zero-order valence-electron chi connectivity index (χ0n) is 15.2. The topological polar surface area (TPSA) is 115 Å². The Balaban J connectivity index is 1.52. The van der Waals surface area contributed by atoms with Crippen molar-refractivity contribution in [3.05, 3.63) is 39.9 Å². The predicted octanol–water partition coefficient (Wildman–Crippen LogP) is 2.32. The molecule has 1 aromatic carbocycles. The van der Waals surface area contributed by atoms with E-state index in [1.54, 1.807) is 18.2 Å². The van der Waals surface area contributed by atoms with Crippen molar-refractivity contribution < 1.29 is 14.5 Å². The summed E-state index contributed by atoms with van der Waals surface area (Å²) in [5.74, 6) is 1.09. The monoisotopic (exact) mass is 371 g/mol. The number of nitrogens with one attached hydrogen (secondary N) is 1. The SMILES string of the molecule is NC(=O)[C@@H](Cc1ccccc1[N+](=O)[O-])NC(=O)C12CC3CC(CC(C3)C1)C2. The van der Waals surface area contributed by atoms with Gasteiger partial charge in [0.15, 0.2) is 0 Å². The summed E-state index contributed by atoms with van der Waals surface area (Å²) >= 11 is 0. The third-order valence-electron chi connectivity index (χ3n) is 6.78. The van der Waals surface area contributed by atoms with Crippen molar-refractivity contribution in [2.24, 2.45) is 28.9 Å². The number of nitrogens with zero attached hydrogens (tertiary/aromatic N) is 1. The third-order valence-corrected chi connectivity index (χ3v) is 6.78. The van der Waals surface area contributed by atoms with Crippen LogP contribution < -0.4 is 11.1 Å². The van der Waals surface area contributed by atoms with Crippen LogP contribution in [0.1, 0.15) is 44.1 Å². The molecule has 3 N–H and O–H groups in total. The maximum Gasteiger partial charge on any atom is 0.272 e. The molecule has 5 rings (SSSR count). The van der Waals surface area contributed by atoms with E-state index < -0.39 is 16.9 Å². The Kier molecular flexibility index (Phi) is 4.40. The number of carbonyl (C=O) groups is 2. The molecule has 0 saturated heterocycles. The van der Waals surface area contributed by atoms with Crippen LogP contribution in [0.5, 0.6) is 0 Å². The molecule has 1 atom stereocenters. The number of amides is 2. The van der Waals surface area contributed by atoms with Crippen LogP contribution in [0.2, 0.25) is 0 Å². The maximum absolute atomic E-state index is 13.2. The summed E-state index contributed by atoms with van der Waals surface area (Å²) in [5.41, 5.74) is 5.48. The highest BCUT2D eigenvalue weighted by molar-refractivity contribution is 5.90. The fourth-order valence-electron chi connectivity index (χ4n) is 6.00. The van der Waals surface area contributed by atoms with Crippen LogP contribution in [0.15, 0.2) is 24.3 Å². The minimum Gasteiger partial charge on any atom is -0.368 e. The van der Waals surface area contributed by atoms with Crippen molar-refractivity contribution in [2.45, 2.75) is 51.0 Å². The van der Waals surface area contributed by atoms with Crippen LogP contribution in [0.3, 0.4) is 0 Å². The van der Waals surface area contributed by atoms with Gasteiger partial charge in [-0.25, -0.2) is 0 Å². The van der Waals surface area contributed by atoms with Crippen LogP contribution in [0.25, 0.3) is 0 Å². The zero-order chi connectivity index (χ0) is 19.2. The average molecular weight is 371 g/mol. The average Bonchev–Trinajstić information content (AvgIpc) is 2.60. The van der Waals surface area contributed by atoms with E-state index in [1.807, 2.05) is 0 Å². The Morgan fingerprint density at radius 3 is 2.22 bits per heavy atom. The molecule has 4 bridgehead atoms. The molecule has 144 valence electrons. The highest BCUT2D eigenvalue weighted by Gasteiger charge is 2.54. The lowest BCUT2D eigenvalue weighted by atomic mass is 9.49. The molecule has 0 aliphatic heterocycles. The number of rotatable bonds is 6. The van der Waals surface area contributed by atoms with Gasteiger partial charge in [-0.05, 0) is 56.3 Å². The smallest absolute Gasteiger partial charge is 0.272 e. The van der Waals surface area contributed by atoms with Crippen molar-refractivity contribution in [3.8, 4) is 0 Å².